The Bertz CT molecular complexity index is 591. The summed E-state index contributed by atoms with van der Waals surface area (Å²) in [4.78, 5) is 14.5. The van der Waals surface area contributed by atoms with E-state index in [-0.39, 0.29) is 11.9 Å². The lowest BCUT2D eigenvalue weighted by atomic mass is 10.0. The first kappa shape index (κ1) is 16.2. The minimum Gasteiger partial charge on any atom is -0.467 e. The van der Waals surface area contributed by atoms with Crippen molar-refractivity contribution in [3.8, 4) is 0 Å². The highest BCUT2D eigenvalue weighted by molar-refractivity contribution is 5.92. The van der Waals surface area contributed by atoms with Crippen LogP contribution in [-0.4, -0.2) is 38.4 Å². The second-order valence-corrected chi connectivity index (χ2v) is 5.65. The van der Waals surface area contributed by atoms with E-state index in [4.69, 9.17) is 10.2 Å². The Balaban J connectivity index is 2.20. The van der Waals surface area contributed by atoms with Crippen LogP contribution in [0.4, 0.5) is 0 Å². The molecule has 0 bridgehead atoms. The molecular weight excluding hydrogens is 282 g/mol. The van der Waals surface area contributed by atoms with Gasteiger partial charge < -0.3 is 15.1 Å². The molecule has 0 spiro atoms. The molecule has 2 heterocycles. The summed E-state index contributed by atoms with van der Waals surface area (Å²) in [5, 5.41) is 7.89. The first-order valence-corrected chi connectivity index (χ1v) is 7.46. The second-order valence-electron chi connectivity index (χ2n) is 5.65. The summed E-state index contributed by atoms with van der Waals surface area (Å²) in [6, 6.07) is 3.73. The van der Waals surface area contributed by atoms with E-state index in [2.05, 4.69) is 24.2 Å². The van der Waals surface area contributed by atoms with Crippen LogP contribution in [0.25, 0.3) is 0 Å². The van der Waals surface area contributed by atoms with Gasteiger partial charge in [0.2, 0.25) is 0 Å². The summed E-state index contributed by atoms with van der Waals surface area (Å²) < 4.78 is 6.95. The summed E-state index contributed by atoms with van der Waals surface area (Å²) in [5.74, 6) is 0.911. The van der Waals surface area contributed by atoms with Crippen LogP contribution in [-0.2, 0) is 13.1 Å². The van der Waals surface area contributed by atoms with E-state index < -0.39 is 0 Å². The molecule has 0 saturated heterocycles. The molecule has 0 fully saturated rings. The number of nitrogens with zero attached hydrogens (tertiary/aromatic N) is 4. The largest absolute Gasteiger partial charge is 0.467 e. The molecule has 1 atom stereocenters. The zero-order valence-electron chi connectivity index (χ0n) is 13.3. The fraction of sp³-hybridized carbons (Fsp3) is 0.533. The van der Waals surface area contributed by atoms with Crippen LogP contribution < -0.4 is 5.73 Å². The number of aromatic nitrogens is 3. The quantitative estimate of drug-likeness (QED) is 0.837. The van der Waals surface area contributed by atoms with E-state index in [9.17, 15) is 4.79 Å². The third-order valence-corrected chi connectivity index (χ3v) is 3.74. The number of hydrogen-bond donors (Lipinski definition) is 1. The molecular formula is C15H23N5O2. The van der Waals surface area contributed by atoms with Crippen LogP contribution in [0.1, 0.15) is 37.0 Å². The van der Waals surface area contributed by atoms with Gasteiger partial charge in [-0.2, -0.15) is 0 Å². The molecule has 2 rings (SSSR count). The molecule has 22 heavy (non-hydrogen) atoms. The molecule has 2 aromatic heterocycles. The van der Waals surface area contributed by atoms with Gasteiger partial charge in [-0.25, -0.2) is 0 Å². The molecule has 0 saturated carbocycles. The summed E-state index contributed by atoms with van der Waals surface area (Å²) >= 11 is 0. The summed E-state index contributed by atoms with van der Waals surface area (Å²) in [6.07, 6.45) is 3.24. The number of amides is 1. The Kier molecular flexibility index (Phi) is 5.32. The van der Waals surface area contributed by atoms with Gasteiger partial charge in [-0.05, 0) is 25.0 Å². The predicted molar refractivity (Wildman–Crippen MR) is 82.0 cm³/mol. The Labute approximate surface area is 130 Å². The van der Waals surface area contributed by atoms with Crippen molar-refractivity contribution in [2.45, 2.75) is 39.9 Å². The van der Waals surface area contributed by atoms with Crippen LogP contribution in [0.2, 0.25) is 0 Å². The lowest BCUT2D eigenvalue weighted by Crippen LogP contribution is -2.41. The van der Waals surface area contributed by atoms with Crippen LogP contribution in [0.15, 0.2) is 29.0 Å². The minimum absolute atomic E-state index is 0.0530. The van der Waals surface area contributed by atoms with Crippen molar-refractivity contribution in [3.05, 3.63) is 36.0 Å². The lowest BCUT2D eigenvalue weighted by molar-refractivity contribution is 0.0604. The second kappa shape index (κ2) is 7.22. The number of rotatable bonds is 7. The number of nitrogens with two attached hydrogens (primary N) is 1. The summed E-state index contributed by atoms with van der Waals surface area (Å²) in [7, 11) is 0. The van der Waals surface area contributed by atoms with Crippen LogP contribution in [0.5, 0.6) is 0 Å². The fourth-order valence-electron chi connectivity index (χ4n) is 2.12. The van der Waals surface area contributed by atoms with Crippen LogP contribution >= 0.6 is 0 Å². The van der Waals surface area contributed by atoms with Gasteiger partial charge in [0.15, 0.2) is 5.69 Å². The summed E-state index contributed by atoms with van der Waals surface area (Å²) in [5.41, 5.74) is 5.81. The van der Waals surface area contributed by atoms with Gasteiger partial charge in [-0.1, -0.05) is 19.1 Å². The molecule has 2 aromatic rings. The highest BCUT2D eigenvalue weighted by atomic mass is 16.3. The van der Waals surface area contributed by atoms with Crippen molar-refractivity contribution in [3.63, 3.8) is 0 Å². The highest BCUT2D eigenvalue weighted by Crippen LogP contribution is 2.17. The SMILES string of the molecule is CC(C)[C@@H](C)N(Cc1ccco1)C(=O)c1cn(CCN)nn1. The molecule has 0 radical (unpaired) electrons. The first-order valence-electron chi connectivity index (χ1n) is 7.46. The zero-order valence-corrected chi connectivity index (χ0v) is 13.3. The molecule has 0 aliphatic heterocycles. The maximum absolute atomic E-state index is 12.8. The highest BCUT2D eigenvalue weighted by Gasteiger charge is 2.26. The van der Waals surface area contributed by atoms with Gasteiger partial charge in [0.05, 0.1) is 25.5 Å². The van der Waals surface area contributed by atoms with Crippen molar-refractivity contribution in [1.82, 2.24) is 19.9 Å². The molecule has 0 aromatic carbocycles. The third kappa shape index (κ3) is 3.73. The Hall–Kier alpha value is -2.15. The van der Waals surface area contributed by atoms with E-state index in [1.54, 1.807) is 22.0 Å². The molecule has 2 N–H and O–H groups in total. The molecule has 0 aliphatic carbocycles. The van der Waals surface area contributed by atoms with Crippen molar-refractivity contribution in [1.29, 1.82) is 0 Å². The van der Waals surface area contributed by atoms with Crippen LogP contribution in [0, 0.1) is 5.92 Å². The van der Waals surface area contributed by atoms with Gasteiger partial charge in [-0.15, -0.1) is 5.10 Å². The van der Waals surface area contributed by atoms with E-state index in [0.717, 1.165) is 5.76 Å². The maximum atomic E-state index is 12.8. The number of carbonyl (C=O) groups is 1. The normalized spacial score (nSPS) is 12.6. The smallest absolute Gasteiger partial charge is 0.276 e. The van der Waals surface area contributed by atoms with E-state index in [1.807, 2.05) is 19.1 Å². The lowest BCUT2D eigenvalue weighted by Gasteiger charge is -2.30. The van der Waals surface area contributed by atoms with Crippen molar-refractivity contribution in [2.24, 2.45) is 11.7 Å². The maximum Gasteiger partial charge on any atom is 0.276 e. The third-order valence-electron chi connectivity index (χ3n) is 3.74. The van der Waals surface area contributed by atoms with Crippen molar-refractivity contribution >= 4 is 5.91 Å². The van der Waals surface area contributed by atoms with Crippen molar-refractivity contribution in [2.75, 3.05) is 6.54 Å². The average Bonchev–Trinajstić information content (AvgIpc) is 3.15. The van der Waals surface area contributed by atoms with Crippen molar-refractivity contribution < 1.29 is 9.21 Å². The minimum atomic E-state index is -0.152. The number of carbonyl (C=O) groups excluding carboxylic acids is 1. The topological polar surface area (TPSA) is 90.2 Å². The molecule has 0 unspecified atom stereocenters. The van der Waals surface area contributed by atoms with E-state index in [0.29, 0.717) is 31.2 Å². The molecule has 1 amide bonds. The van der Waals surface area contributed by atoms with Gasteiger partial charge in [-0.3, -0.25) is 9.48 Å². The van der Waals surface area contributed by atoms with Gasteiger partial charge in [0.1, 0.15) is 5.76 Å². The van der Waals surface area contributed by atoms with E-state index in [1.165, 1.54) is 0 Å². The van der Waals surface area contributed by atoms with Gasteiger partial charge in [0.25, 0.3) is 5.91 Å². The Morgan fingerprint density at radius 3 is 2.82 bits per heavy atom. The molecule has 120 valence electrons. The van der Waals surface area contributed by atoms with E-state index >= 15 is 0 Å². The fourth-order valence-corrected chi connectivity index (χ4v) is 2.12. The molecule has 0 aliphatic rings. The van der Waals surface area contributed by atoms with Crippen LogP contribution in [0.3, 0.4) is 0 Å². The van der Waals surface area contributed by atoms with Gasteiger partial charge in [0, 0.05) is 12.6 Å². The monoisotopic (exact) mass is 305 g/mol. The predicted octanol–water partition coefficient (Wildman–Crippen LogP) is 1.52. The number of furan rings is 1. The average molecular weight is 305 g/mol. The first-order chi connectivity index (χ1) is 10.5. The van der Waals surface area contributed by atoms with Gasteiger partial charge >= 0.3 is 0 Å². The summed E-state index contributed by atoms with van der Waals surface area (Å²) in [6.45, 7) is 7.59. The zero-order chi connectivity index (χ0) is 16.1. The Morgan fingerprint density at radius 1 is 1.45 bits per heavy atom. The molecule has 7 heteroatoms. The Morgan fingerprint density at radius 2 is 2.23 bits per heavy atom. The number of hydrogen-bond acceptors (Lipinski definition) is 5. The standard InChI is InChI=1S/C15H23N5O2/c1-11(2)12(3)20(9-13-5-4-8-22-13)15(21)14-10-19(7-6-16)18-17-14/h4-5,8,10-12H,6-7,9,16H2,1-3H3/t12-/m1/s1. The molecule has 7 nitrogen and oxygen atoms in total.